The number of thiophene rings is 1. The molecule has 3 rings (SSSR count). The standard InChI is InChI=1S/C27H30N4OS/c1-18(2)20-9-11-21(12-10-20)24(16-32)27(3,30-26(29)31(4)5)25-14-23(17-33-25)22-8-6-7-19(13-22)15-28/h6-14,16-18,24H,1-5H3,(H2,29,30). The molecule has 0 aliphatic heterocycles. The van der Waals surface area contributed by atoms with Crippen molar-refractivity contribution in [2.75, 3.05) is 14.1 Å². The maximum absolute atomic E-state index is 12.5. The molecule has 5 nitrogen and oxygen atoms in total. The van der Waals surface area contributed by atoms with Gasteiger partial charge in [-0.05, 0) is 58.7 Å². The quantitative estimate of drug-likeness (QED) is 0.288. The van der Waals surface area contributed by atoms with Gasteiger partial charge in [-0.2, -0.15) is 5.26 Å². The normalized spacial score (nSPS) is 14.4. The second-order valence-corrected chi connectivity index (χ2v) is 9.75. The Labute approximate surface area is 200 Å². The summed E-state index contributed by atoms with van der Waals surface area (Å²) in [5, 5.41) is 11.3. The minimum absolute atomic E-state index is 0.351. The molecule has 0 fully saturated rings. The van der Waals surface area contributed by atoms with Crippen molar-refractivity contribution in [3.05, 3.63) is 81.5 Å². The number of hydrogen-bond donors (Lipinski definition) is 1. The Balaban J connectivity index is 2.12. The number of carbonyl (C=O) groups is 1. The average molecular weight is 459 g/mol. The van der Waals surface area contributed by atoms with Crippen LogP contribution in [0.1, 0.15) is 54.2 Å². The van der Waals surface area contributed by atoms with Gasteiger partial charge in [-0.25, -0.2) is 4.99 Å². The highest BCUT2D eigenvalue weighted by molar-refractivity contribution is 7.10. The summed E-state index contributed by atoms with van der Waals surface area (Å²) in [4.78, 5) is 20.0. The van der Waals surface area contributed by atoms with Crippen LogP contribution in [-0.4, -0.2) is 31.2 Å². The molecule has 1 heterocycles. The van der Waals surface area contributed by atoms with Crippen molar-refractivity contribution in [3.8, 4) is 17.2 Å². The Hall–Kier alpha value is -3.43. The third kappa shape index (κ3) is 5.15. The van der Waals surface area contributed by atoms with Crippen LogP contribution in [-0.2, 0) is 10.3 Å². The van der Waals surface area contributed by atoms with E-state index in [1.165, 1.54) is 5.56 Å². The van der Waals surface area contributed by atoms with Gasteiger partial charge in [0, 0.05) is 19.0 Å². The van der Waals surface area contributed by atoms with E-state index < -0.39 is 11.5 Å². The largest absolute Gasteiger partial charge is 0.370 e. The predicted molar refractivity (Wildman–Crippen MR) is 136 cm³/mol. The second-order valence-electron chi connectivity index (χ2n) is 8.84. The summed E-state index contributed by atoms with van der Waals surface area (Å²) < 4.78 is 0. The van der Waals surface area contributed by atoms with Gasteiger partial charge in [0.25, 0.3) is 0 Å². The molecule has 2 aromatic carbocycles. The number of benzene rings is 2. The van der Waals surface area contributed by atoms with E-state index in [0.717, 1.165) is 27.9 Å². The molecule has 0 bridgehead atoms. The van der Waals surface area contributed by atoms with Gasteiger partial charge in [-0.1, -0.05) is 50.2 Å². The van der Waals surface area contributed by atoms with E-state index in [1.807, 2.05) is 62.8 Å². The maximum atomic E-state index is 12.5. The fraction of sp³-hybridized carbons (Fsp3) is 0.296. The van der Waals surface area contributed by atoms with Crippen LogP contribution in [0.2, 0.25) is 0 Å². The Kier molecular flexibility index (Phi) is 7.35. The first kappa shape index (κ1) is 24.2. The fourth-order valence-corrected chi connectivity index (χ4v) is 4.83. The van der Waals surface area contributed by atoms with Gasteiger partial charge in [0.05, 0.1) is 17.6 Å². The number of aliphatic imine (C=N–C) groups is 1. The third-order valence-corrected chi connectivity index (χ3v) is 7.09. The molecule has 0 aliphatic rings. The average Bonchev–Trinajstić information content (AvgIpc) is 3.31. The van der Waals surface area contributed by atoms with E-state index in [1.54, 1.807) is 22.3 Å². The molecule has 6 heteroatoms. The van der Waals surface area contributed by atoms with E-state index in [0.29, 0.717) is 17.4 Å². The van der Waals surface area contributed by atoms with Crippen molar-refractivity contribution in [1.82, 2.24) is 4.90 Å². The molecule has 3 aromatic rings. The summed E-state index contributed by atoms with van der Waals surface area (Å²) >= 11 is 1.54. The fourth-order valence-electron chi connectivity index (χ4n) is 3.76. The lowest BCUT2D eigenvalue weighted by atomic mass is 9.80. The first-order valence-electron chi connectivity index (χ1n) is 10.9. The zero-order valence-corrected chi connectivity index (χ0v) is 20.6. The number of hydrogen-bond acceptors (Lipinski definition) is 4. The van der Waals surface area contributed by atoms with Crippen molar-refractivity contribution in [1.29, 1.82) is 5.26 Å². The van der Waals surface area contributed by atoms with E-state index in [4.69, 9.17) is 10.7 Å². The molecule has 0 aliphatic carbocycles. The first-order valence-corrected chi connectivity index (χ1v) is 11.7. The molecular weight excluding hydrogens is 428 g/mol. The summed E-state index contributed by atoms with van der Waals surface area (Å²) in [6.07, 6.45) is 0.965. The molecule has 2 N–H and O–H groups in total. The van der Waals surface area contributed by atoms with Gasteiger partial charge in [0.2, 0.25) is 0 Å². The van der Waals surface area contributed by atoms with Crippen LogP contribution in [0.4, 0.5) is 0 Å². The molecule has 170 valence electrons. The Morgan fingerprint density at radius 1 is 1.12 bits per heavy atom. The van der Waals surface area contributed by atoms with E-state index in [9.17, 15) is 10.1 Å². The van der Waals surface area contributed by atoms with Crippen LogP contribution in [0, 0.1) is 11.3 Å². The molecule has 0 radical (unpaired) electrons. The molecule has 0 amide bonds. The van der Waals surface area contributed by atoms with Gasteiger partial charge in [0.15, 0.2) is 5.96 Å². The lowest BCUT2D eigenvalue weighted by Crippen LogP contribution is -2.37. The number of nitriles is 1. The smallest absolute Gasteiger partial charge is 0.191 e. The van der Waals surface area contributed by atoms with E-state index in [2.05, 4.69) is 32.0 Å². The van der Waals surface area contributed by atoms with Crippen molar-refractivity contribution in [2.24, 2.45) is 10.7 Å². The first-order chi connectivity index (χ1) is 15.7. The molecule has 2 atom stereocenters. The highest BCUT2D eigenvalue weighted by Crippen LogP contribution is 2.44. The number of rotatable bonds is 7. The Bertz CT molecular complexity index is 1190. The molecular formula is C27H30N4OS. The SMILES string of the molecule is CC(C)c1ccc(C(C=O)C(C)(N=C(N)N(C)C)c2cc(-c3cccc(C#N)c3)cs2)cc1. The number of carbonyl (C=O) groups excluding carboxylic acids is 1. The van der Waals surface area contributed by atoms with Gasteiger partial charge >= 0.3 is 0 Å². The summed E-state index contributed by atoms with van der Waals surface area (Å²) in [6, 6.07) is 19.9. The summed E-state index contributed by atoms with van der Waals surface area (Å²) in [5.41, 5.74) is 10.0. The lowest BCUT2D eigenvalue weighted by Gasteiger charge is -2.32. The minimum atomic E-state index is -0.898. The van der Waals surface area contributed by atoms with Gasteiger partial charge in [-0.15, -0.1) is 11.3 Å². The highest BCUT2D eigenvalue weighted by Gasteiger charge is 2.39. The molecule has 0 saturated heterocycles. The number of nitrogens with zero attached hydrogens (tertiary/aromatic N) is 3. The van der Waals surface area contributed by atoms with Crippen LogP contribution < -0.4 is 5.73 Å². The third-order valence-electron chi connectivity index (χ3n) is 5.93. The van der Waals surface area contributed by atoms with Crippen molar-refractivity contribution in [3.63, 3.8) is 0 Å². The van der Waals surface area contributed by atoms with Crippen LogP contribution in [0.3, 0.4) is 0 Å². The number of guanidine groups is 1. The Morgan fingerprint density at radius 3 is 2.36 bits per heavy atom. The maximum Gasteiger partial charge on any atom is 0.191 e. The molecule has 0 saturated carbocycles. The molecule has 1 aromatic heterocycles. The second kappa shape index (κ2) is 10.0. The molecule has 2 unspecified atom stereocenters. The predicted octanol–water partition coefficient (Wildman–Crippen LogP) is 5.48. The topological polar surface area (TPSA) is 82.5 Å². The summed E-state index contributed by atoms with van der Waals surface area (Å²) in [5.74, 6) is 0.241. The molecule has 0 spiro atoms. The molecule has 33 heavy (non-hydrogen) atoms. The Morgan fingerprint density at radius 2 is 1.79 bits per heavy atom. The van der Waals surface area contributed by atoms with Crippen LogP contribution in [0.15, 0.2) is 65.0 Å². The minimum Gasteiger partial charge on any atom is -0.370 e. The highest BCUT2D eigenvalue weighted by atomic mass is 32.1. The lowest BCUT2D eigenvalue weighted by molar-refractivity contribution is -0.110. The zero-order chi connectivity index (χ0) is 24.2. The van der Waals surface area contributed by atoms with Crippen molar-refractivity contribution >= 4 is 23.6 Å². The zero-order valence-electron chi connectivity index (χ0n) is 19.7. The van der Waals surface area contributed by atoms with Crippen LogP contribution in [0.25, 0.3) is 11.1 Å². The van der Waals surface area contributed by atoms with E-state index in [-0.39, 0.29) is 0 Å². The summed E-state index contributed by atoms with van der Waals surface area (Å²) in [6.45, 7) is 6.25. The van der Waals surface area contributed by atoms with Crippen molar-refractivity contribution in [2.45, 2.75) is 38.1 Å². The summed E-state index contributed by atoms with van der Waals surface area (Å²) in [7, 11) is 3.67. The van der Waals surface area contributed by atoms with Gasteiger partial charge in [-0.3, -0.25) is 0 Å². The number of aldehydes is 1. The van der Waals surface area contributed by atoms with Gasteiger partial charge in [0.1, 0.15) is 11.8 Å². The van der Waals surface area contributed by atoms with Crippen molar-refractivity contribution < 1.29 is 4.79 Å². The van der Waals surface area contributed by atoms with Gasteiger partial charge < -0.3 is 15.4 Å². The number of nitrogens with two attached hydrogens (primary N) is 1. The van der Waals surface area contributed by atoms with Crippen LogP contribution >= 0.6 is 11.3 Å². The van der Waals surface area contributed by atoms with Crippen LogP contribution in [0.5, 0.6) is 0 Å². The monoisotopic (exact) mass is 458 g/mol. The van der Waals surface area contributed by atoms with E-state index >= 15 is 0 Å².